The zero-order valence-electron chi connectivity index (χ0n) is 10.0. The molecule has 0 saturated carbocycles. The van der Waals surface area contributed by atoms with Crippen molar-refractivity contribution >= 4 is 12.0 Å². The van der Waals surface area contributed by atoms with Crippen LogP contribution in [0.5, 0.6) is 0 Å². The predicted molar refractivity (Wildman–Crippen MR) is 59.4 cm³/mol. The topological polar surface area (TPSA) is 78.9 Å². The Morgan fingerprint density at radius 3 is 2.56 bits per heavy atom. The van der Waals surface area contributed by atoms with Gasteiger partial charge in [-0.1, -0.05) is 0 Å². The molecular formula is C10H20N2O4. The van der Waals surface area contributed by atoms with Gasteiger partial charge in [0, 0.05) is 20.2 Å². The Kier molecular flexibility index (Phi) is 7.28. The highest BCUT2D eigenvalue weighted by Gasteiger charge is 2.14. The highest BCUT2D eigenvalue weighted by Crippen LogP contribution is 1.94. The lowest BCUT2D eigenvalue weighted by Gasteiger charge is -2.23. The van der Waals surface area contributed by atoms with Crippen molar-refractivity contribution in [2.24, 2.45) is 0 Å². The number of urea groups is 1. The Morgan fingerprint density at radius 1 is 1.50 bits per heavy atom. The van der Waals surface area contributed by atoms with Crippen LogP contribution in [0.3, 0.4) is 0 Å². The number of methoxy groups -OCH3 is 1. The summed E-state index contributed by atoms with van der Waals surface area (Å²) in [6.07, 6.45) is -0.0417. The second kappa shape index (κ2) is 7.92. The van der Waals surface area contributed by atoms with Gasteiger partial charge in [-0.15, -0.1) is 0 Å². The van der Waals surface area contributed by atoms with Crippen molar-refractivity contribution in [3.63, 3.8) is 0 Å². The van der Waals surface area contributed by atoms with Gasteiger partial charge in [-0.25, -0.2) is 4.79 Å². The normalized spacial score (nSPS) is 11.9. The van der Waals surface area contributed by atoms with Gasteiger partial charge >= 0.3 is 12.0 Å². The molecule has 0 rings (SSSR count). The number of nitrogens with zero attached hydrogens (tertiary/aromatic N) is 1. The molecule has 1 unspecified atom stereocenters. The van der Waals surface area contributed by atoms with E-state index in [0.29, 0.717) is 13.2 Å². The average Bonchev–Trinajstić information content (AvgIpc) is 2.18. The van der Waals surface area contributed by atoms with Gasteiger partial charge in [0.25, 0.3) is 0 Å². The quantitative estimate of drug-likeness (QED) is 0.671. The van der Waals surface area contributed by atoms with E-state index in [-0.39, 0.29) is 25.0 Å². The summed E-state index contributed by atoms with van der Waals surface area (Å²) in [6.45, 7) is 4.77. The van der Waals surface area contributed by atoms with Crippen molar-refractivity contribution in [2.75, 3.05) is 26.8 Å². The summed E-state index contributed by atoms with van der Waals surface area (Å²) in [7, 11) is 1.56. The molecule has 1 atom stereocenters. The fourth-order valence-corrected chi connectivity index (χ4v) is 1.23. The van der Waals surface area contributed by atoms with Gasteiger partial charge in [0.05, 0.1) is 19.1 Å². The summed E-state index contributed by atoms with van der Waals surface area (Å²) in [5.41, 5.74) is 0. The monoisotopic (exact) mass is 232 g/mol. The molecule has 6 heteroatoms. The van der Waals surface area contributed by atoms with E-state index in [1.165, 1.54) is 4.90 Å². The minimum absolute atomic E-state index is 0.0417. The number of carbonyl (C=O) groups is 2. The molecule has 0 fully saturated rings. The van der Waals surface area contributed by atoms with Crippen molar-refractivity contribution in [3.05, 3.63) is 0 Å². The molecule has 2 N–H and O–H groups in total. The van der Waals surface area contributed by atoms with Crippen LogP contribution in [0, 0.1) is 0 Å². The molecule has 0 aromatic heterocycles. The number of carboxylic acids is 1. The molecule has 0 aliphatic heterocycles. The number of aliphatic carboxylic acids is 1. The second-order valence-electron chi connectivity index (χ2n) is 3.53. The van der Waals surface area contributed by atoms with Crippen LogP contribution in [0.2, 0.25) is 0 Å². The number of hydrogen-bond acceptors (Lipinski definition) is 3. The van der Waals surface area contributed by atoms with E-state index in [1.54, 1.807) is 7.11 Å². The van der Waals surface area contributed by atoms with Gasteiger partial charge in [0.1, 0.15) is 0 Å². The minimum atomic E-state index is -0.906. The molecule has 0 bridgehead atoms. The van der Waals surface area contributed by atoms with Crippen LogP contribution in [0.25, 0.3) is 0 Å². The number of hydrogen-bond donors (Lipinski definition) is 2. The maximum absolute atomic E-state index is 11.6. The van der Waals surface area contributed by atoms with E-state index in [4.69, 9.17) is 9.84 Å². The lowest BCUT2D eigenvalue weighted by atomic mass is 10.3. The molecule has 0 aliphatic rings. The zero-order chi connectivity index (χ0) is 12.6. The lowest BCUT2D eigenvalue weighted by molar-refractivity contribution is -0.137. The van der Waals surface area contributed by atoms with Crippen LogP contribution in [0.1, 0.15) is 20.3 Å². The van der Waals surface area contributed by atoms with Gasteiger partial charge < -0.3 is 20.1 Å². The fraction of sp³-hybridized carbons (Fsp3) is 0.800. The predicted octanol–water partition coefficient (Wildman–Crippen LogP) is 0.527. The highest BCUT2D eigenvalue weighted by atomic mass is 16.5. The van der Waals surface area contributed by atoms with Crippen molar-refractivity contribution in [1.29, 1.82) is 0 Å². The van der Waals surface area contributed by atoms with Gasteiger partial charge in [0.15, 0.2) is 0 Å². The number of rotatable bonds is 7. The number of carbonyl (C=O) groups excluding carboxylic acids is 1. The molecule has 0 radical (unpaired) electrons. The molecule has 0 aromatic carbocycles. The molecule has 0 heterocycles. The third kappa shape index (κ3) is 6.23. The van der Waals surface area contributed by atoms with Crippen molar-refractivity contribution < 1.29 is 19.4 Å². The van der Waals surface area contributed by atoms with E-state index in [1.807, 2.05) is 13.8 Å². The third-order valence-corrected chi connectivity index (χ3v) is 2.05. The van der Waals surface area contributed by atoms with Gasteiger partial charge in [-0.3, -0.25) is 4.79 Å². The van der Waals surface area contributed by atoms with E-state index in [9.17, 15) is 9.59 Å². The summed E-state index contributed by atoms with van der Waals surface area (Å²) in [4.78, 5) is 23.5. The Bertz CT molecular complexity index is 233. The van der Waals surface area contributed by atoms with E-state index in [0.717, 1.165) is 0 Å². The maximum Gasteiger partial charge on any atom is 0.317 e. The van der Waals surface area contributed by atoms with Crippen molar-refractivity contribution in [3.8, 4) is 0 Å². The minimum Gasteiger partial charge on any atom is -0.481 e. The molecule has 0 saturated heterocycles. The first-order chi connectivity index (χ1) is 7.51. The molecular weight excluding hydrogens is 212 g/mol. The number of carboxylic acid groups (broad SMARTS) is 1. The molecule has 94 valence electrons. The van der Waals surface area contributed by atoms with Crippen LogP contribution in [0.4, 0.5) is 4.79 Å². The Labute approximate surface area is 95.6 Å². The van der Waals surface area contributed by atoms with E-state index in [2.05, 4.69) is 5.32 Å². The summed E-state index contributed by atoms with van der Waals surface area (Å²) < 4.78 is 4.89. The van der Waals surface area contributed by atoms with Gasteiger partial charge in [-0.05, 0) is 13.8 Å². The molecule has 0 spiro atoms. The van der Waals surface area contributed by atoms with Crippen molar-refractivity contribution in [2.45, 2.75) is 26.3 Å². The van der Waals surface area contributed by atoms with Crippen LogP contribution in [0.15, 0.2) is 0 Å². The average molecular weight is 232 g/mol. The number of ether oxygens (including phenoxy) is 1. The largest absolute Gasteiger partial charge is 0.481 e. The maximum atomic E-state index is 11.6. The van der Waals surface area contributed by atoms with Gasteiger partial charge in [0.2, 0.25) is 0 Å². The lowest BCUT2D eigenvalue weighted by Crippen LogP contribution is -2.45. The number of amides is 2. The first-order valence-corrected chi connectivity index (χ1v) is 5.27. The van der Waals surface area contributed by atoms with E-state index >= 15 is 0 Å². The molecule has 6 nitrogen and oxygen atoms in total. The standard InChI is InChI=1S/C10H20N2O4/c1-4-12(6-5-9(13)14)10(15)11-8(2)7-16-3/h8H,4-7H2,1-3H3,(H,11,15)(H,13,14). The smallest absolute Gasteiger partial charge is 0.317 e. The molecule has 0 aliphatic carbocycles. The first kappa shape index (κ1) is 14.7. The van der Waals surface area contributed by atoms with Crippen molar-refractivity contribution in [1.82, 2.24) is 10.2 Å². The Hall–Kier alpha value is -1.30. The van der Waals surface area contributed by atoms with Crippen LogP contribution >= 0.6 is 0 Å². The second-order valence-corrected chi connectivity index (χ2v) is 3.53. The molecule has 2 amide bonds. The van der Waals surface area contributed by atoms with Crippen LogP contribution in [-0.4, -0.2) is 54.9 Å². The van der Waals surface area contributed by atoms with Gasteiger partial charge in [-0.2, -0.15) is 0 Å². The third-order valence-electron chi connectivity index (χ3n) is 2.05. The highest BCUT2D eigenvalue weighted by molar-refractivity contribution is 5.75. The fourth-order valence-electron chi connectivity index (χ4n) is 1.23. The summed E-state index contributed by atoms with van der Waals surface area (Å²) >= 11 is 0. The van der Waals surface area contributed by atoms with E-state index < -0.39 is 5.97 Å². The summed E-state index contributed by atoms with van der Waals surface area (Å²) in [5.74, 6) is -0.906. The van der Waals surface area contributed by atoms with Crippen LogP contribution < -0.4 is 5.32 Å². The SMILES string of the molecule is CCN(CCC(=O)O)C(=O)NC(C)COC. The molecule has 16 heavy (non-hydrogen) atoms. The Balaban J connectivity index is 4.04. The zero-order valence-corrected chi connectivity index (χ0v) is 10.0. The summed E-state index contributed by atoms with van der Waals surface area (Å²) in [5, 5.41) is 11.3. The first-order valence-electron chi connectivity index (χ1n) is 5.27. The molecule has 0 aromatic rings. The summed E-state index contributed by atoms with van der Waals surface area (Å²) in [6, 6.07) is -0.343. The number of nitrogens with one attached hydrogen (secondary N) is 1. The Morgan fingerprint density at radius 2 is 2.12 bits per heavy atom. The van der Waals surface area contributed by atoms with Crippen LogP contribution in [-0.2, 0) is 9.53 Å².